The quantitative estimate of drug-likeness (QED) is 0.744. The molecule has 0 saturated heterocycles. The van der Waals surface area contributed by atoms with Gasteiger partial charge in [-0.1, -0.05) is 41.9 Å². The zero-order valence-corrected chi connectivity index (χ0v) is 13.4. The fraction of sp³-hybridized carbons (Fsp3) is 0.118. The van der Waals surface area contributed by atoms with Gasteiger partial charge in [0.2, 0.25) is 0 Å². The van der Waals surface area contributed by atoms with Crippen LogP contribution in [0.4, 0.5) is 5.69 Å². The Morgan fingerprint density at radius 1 is 1.05 bits per heavy atom. The molecule has 0 fully saturated rings. The highest BCUT2D eigenvalue weighted by Crippen LogP contribution is 2.28. The molecule has 5 heteroatoms. The van der Waals surface area contributed by atoms with Crippen molar-refractivity contribution in [2.75, 3.05) is 18.5 Å². The van der Waals surface area contributed by atoms with E-state index in [-0.39, 0.29) is 19.0 Å². The topological polar surface area (TPSA) is 45.1 Å². The molecule has 0 spiro atoms. The average molecular weight is 335 g/mol. The van der Waals surface area contributed by atoms with Gasteiger partial charge < -0.3 is 10.4 Å². The number of hydrogen-bond donors (Lipinski definition) is 2. The van der Waals surface area contributed by atoms with Crippen LogP contribution in [0.2, 0.25) is 5.02 Å². The van der Waals surface area contributed by atoms with Gasteiger partial charge >= 0.3 is 0 Å². The first-order valence-electron chi connectivity index (χ1n) is 6.78. The molecule has 1 aromatic heterocycles. The second-order valence-electron chi connectivity index (χ2n) is 4.73. The lowest BCUT2D eigenvalue weighted by Crippen LogP contribution is -2.06. The molecule has 0 atom stereocenters. The summed E-state index contributed by atoms with van der Waals surface area (Å²) in [6.45, 7) is 0.598. The van der Waals surface area contributed by atoms with Crippen molar-refractivity contribution in [1.29, 1.82) is 0 Å². The van der Waals surface area contributed by atoms with Crippen molar-refractivity contribution in [3.05, 3.63) is 59.6 Å². The lowest BCUT2D eigenvalue weighted by atomic mass is 10.1. The number of aliphatic hydroxyl groups excluding tert-OH is 1. The van der Waals surface area contributed by atoms with E-state index in [2.05, 4.69) is 5.32 Å². The van der Waals surface area contributed by atoms with Crippen LogP contribution in [0.1, 0.15) is 0 Å². The van der Waals surface area contributed by atoms with Crippen LogP contribution < -0.4 is 5.32 Å². The van der Waals surface area contributed by atoms with Crippen molar-refractivity contribution >= 4 is 40.6 Å². The normalized spacial score (nSPS) is 10.3. The van der Waals surface area contributed by atoms with Crippen LogP contribution >= 0.6 is 24.0 Å². The molecule has 0 radical (unpaired) electrons. The molecule has 0 aliphatic rings. The molecule has 114 valence electrons. The Hall–Kier alpha value is -1.81. The van der Waals surface area contributed by atoms with Gasteiger partial charge in [-0.15, -0.1) is 12.4 Å². The molecular weight excluding hydrogens is 319 g/mol. The Morgan fingerprint density at radius 3 is 2.50 bits per heavy atom. The zero-order chi connectivity index (χ0) is 14.7. The Morgan fingerprint density at radius 2 is 1.77 bits per heavy atom. The minimum absolute atomic E-state index is 0. The summed E-state index contributed by atoms with van der Waals surface area (Å²) < 4.78 is 0. The van der Waals surface area contributed by atoms with Crippen LogP contribution in [0.15, 0.2) is 54.6 Å². The molecule has 0 aliphatic carbocycles. The summed E-state index contributed by atoms with van der Waals surface area (Å²) in [5, 5.41) is 14.0. The van der Waals surface area contributed by atoms with Gasteiger partial charge in [0.25, 0.3) is 0 Å². The van der Waals surface area contributed by atoms with Crippen LogP contribution in [0.25, 0.3) is 22.2 Å². The first-order chi connectivity index (χ1) is 10.3. The van der Waals surface area contributed by atoms with E-state index in [1.807, 2.05) is 54.6 Å². The van der Waals surface area contributed by atoms with Crippen LogP contribution in [0.5, 0.6) is 0 Å². The molecule has 1 heterocycles. The number of aromatic nitrogens is 1. The maximum atomic E-state index is 9.02. The van der Waals surface area contributed by atoms with E-state index < -0.39 is 0 Å². The highest BCUT2D eigenvalue weighted by molar-refractivity contribution is 6.30. The van der Waals surface area contributed by atoms with Crippen LogP contribution in [-0.2, 0) is 0 Å². The van der Waals surface area contributed by atoms with Crippen molar-refractivity contribution < 1.29 is 5.11 Å². The molecule has 2 N–H and O–H groups in total. The highest BCUT2D eigenvalue weighted by Gasteiger charge is 2.07. The Balaban J connectivity index is 0.00000176. The van der Waals surface area contributed by atoms with E-state index in [1.54, 1.807) is 0 Å². The largest absolute Gasteiger partial charge is 0.395 e. The van der Waals surface area contributed by atoms with Gasteiger partial charge in [-0.05, 0) is 24.3 Å². The van der Waals surface area contributed by atoms with Gasteiger partial charge in [-0.2, -0.15) is 0 Å². The number of benzene rings is 2. The van der Waals surface area contributed by atoms with E-state index in [1.165, 1.54) is 0 Å². The second kappa shape index (κ2) is 7.45. The van der Waals surface area contributed by atoms with Crippen LogP contribution in [-0.4, -0.2) is 23.2 Å². The molecule has 0 saturated carbocycles. The van der Waals surface area contributed by atoms with E-state index >= 15 is 0 Å². The van der Waals surface area contributed by atoms with E-state index in [0.717, 1.165) is 27.8 Å². The van der Waals surface area contributed by atoms with E-state index in [4.69, 9.17) is 21.7 Å². The lowest BCUT2D eigenvalue weighted by molar-refractivity contribution is 0.311. The molecule has 0 amide bonds. The molecule has 0 aliphatic heterocycles. The summed E-state index contributed by atoms with van der Waals surface area (Å²) >= 11 is 5.93. The first kappa shape index (κ1) is 16.6. The molecule has 0 bridgehead atoms. The third-order valence-electron chi connectivity index (χ3n) is 3.28. The SMILES string of the molecule is Cl.OCCNc1cc(-c2ccc(Cl)cc2)nc2ccccc12. The van der Waals surface area contributed by atoms with E-state index in [0.29, 0.717) is 11.6 Å². The standard InChI is InChI=1S/C17H15ClN2O.ClH/c18-13-7-5-12(6-8-13)16-11-17(19-9-10-21)14-3-1-2-4-15(14)20-16;/h1-8,11,21H,9-10H2,(H,19,20);1H. The van der Waals surface area contributed by atoms with Gasteiger partial charge in [0, 0.05) is 28.2 Å². The van der Waals surface area contributed by atoms with Gasteiger partial charge in [-0.3, -0.25) is 0 Å². The maximum absolute atomic E-state index is 9.02. The molecule has 3 rings (SSSR count). The van der Waals surface area contributed by atoms with Crippen molar-refractivity contribution in [3.63, 3.8) is 0 Å². The molecule has 2 aromatic carbocycles. The van der Waals surface area contributed by atoms with Gasteiger partial charge in [0.1, 0.15) is 0 Å². The number of aliphatic hydroxyl groups is 1. The lowest BCUT2D eigenvalue weighted by Gasteiger charge is -2.11. The molecule has 22 heavy (non-hydrogen) atoms. The summed E-state index contributed by atoms with van der Waals surface area (Å²) in [5.41, 5.74) is 3.79. The van der Waals surface area contributed by atoms with Crippen molar-refractivity contribution in [3.8, 4) is 11.3 Å². The van der Waals surface area contributed by atoms with Gasteiger partial charge in [-0.25, -0.2) is 4.98 Å². The van der Waals surface area contributed by atoms with Gasteiger partial charge in [0.15, 0.2) is 0 Å². The number of anilines is 1. The predicted molar refractivity (Wildman–Crippen MR) is 95.0 cm³/mol. The number of rotatable bonds is 4. The van der Waals surface area contributed by atoms with Crippen molar-refractivity contribution in [2.45, 2.75) is 0 Å². The summed E-state index contributed by atoms with van der Waals surface area (Å²) in [4.78, 5) is 4.70. The fourth-order valence-corrected chi connectivity index (χ4v) is 2.41. The highest BCUT2D eigenvalue weighted by atomic mass is 35.5. The molecule has 3 aromatic rings. The minimum Gasteiger partial charge on any atom is -0.395 e. The summed E-state index contributed by atoms with van der Waals surface area (Å²) in [7, 11) is 0. The van der Waals surface area contributed by atoms with Crippen molar-refractivity contribution in [1.82, 2.24) is 4.98 Å². The summed E-state index contributed by atoms with van der Waals surface area (Å²) in [6, 6.07) is 17.6. The number of hydrogen-bond acceptors (Lipinski definition) is 3. The molecular formula is C17H16Cl2N2O. The number of halogens is 2. The van der Waals surface area contributed by atoms with Crippen LogP contribution in [0.3, 0.4) is 0 Å². The number of fused-ring (bicyclic) bond motifs is 1. The maximum Gasteiger partial charge on any atom is 0.0730 e. The third kappa shape index (κ3) is 3.50. The number of nitrogens with one attached hydrogen (secondary N) is 1. The van der Waals surface area contributed by atoms with Crippen LogP contribution in [0, 0.1) is 0 Å². The predicted octanol–water partition coefficient (Wildman–Crippen LogP) is 4.38. The molecule has 0 unspecified atom stereocenters. The number of nitrogens with zero attached hydrogens (tertiary/aromatic N) is 1. The van der Waals surface area contributed by atoms with E-state index in [9.17, 15) is 0 Å². The van der Waals surface area contributed by atoms with Crippen molar-refractivity contribution in [2.24, 2.45) is 0 Å². The monoisotopic (exact) mass is 334 g/mol. The molecule has 3 nitrogen and oxygen atoms in total. The Kier molecular flexibility index (Phi) is 5.61. The Labute approximate surface area is 140 Å². The zero-order valence-electron chi connectivity index (χ0n) is 11.8. The second-order valence-corrected chi connectivity index (χ2v) is 5.17. The smallest absolute Gasteiger partial charge is 0.0730 e. The Bertz CT molecular complexity index is 760. The van der Waals surface area contributed by atoms with Gasteiger partial charge in [0.05, 0.1) is 17.8 Å². The number of pyridine rings is 1. The summed E-state index contributed by atoms with van der Waals surface area (Å²) in [6.07, 6.45) is 0. The fourth-order valence-electron chi connectivity index (χ4n) is 2.28. The first-order valence-corrected chi connectivity index (χ1v) is 7.16. The average Bonchev–Trinajstić information content (AvgIpc) is 2.53. The minimum atomic E-state index is 0. The number of para-hydroxylation sites is 1. The summed E-state index contributed by atoms with van der Waals surface area (Å²) in [5.74, 6) is 0. The third-order valence-corrected chi connectivity index (χ3v) is 3.54.